The second-order valence-electron chi connectivity index (χ2n) is 5.27. The molecule has 0 heterocycles. The smallest absolute Gasteiger partial charge is 0.0855 e. The van der Waals surface area contributed by atoms with Crippen LogP contribution in [-0.4, -0.2) is 10.8 Å². The van der Waals surface area contributed by atoms with Gasteiger partial charge in [0.25, 0.3) is 0 Å². The van der Waals surface area contributed by atoms with E-state index >= 15 is 0 Å². The van der Waals surface area contributed by atoms with Gasteiger partial charge < -0.3 is 5.11 Å². The lowest BCUT2D eigenvalue weighted by Gasteiger charge is -2.20. The highest BCUT2D eigenvalue weighted by Crippen LogP contribution is 2.33. The van der Waals surface area contributed by atoms with Gasteiger partial charge in [-0.15, -0.1) is 0 Å². The molecule has 2 nitrogen and oxygen atoms in total. The molecule has 0 saturated carbocycles. The molecule has 0 aliphatic heterocycles. The molecule has 0 fully saturated rings. The van der Waals surface area contributed by atoms with Gasteiger partial charge >= 0.3 is 0 Å². The first kappa shape index (κ1) is 15.2. The zero-order chi connectivity index (χ0) is 13.9. The Balaban J connectivity index is 3.20. The minimum atomic E-state index is -0.928. The highest BCUT2D eigenvalue weighted by atomic mass is 35.5. The van der Waals surface area contributed by atoms with E-state index in [0.717, 1.165) is 35.4 Å². The summed E-state index contributed by atoms with van der Waals surface area (Å²) >= 11 is 6.22. The predicted octanol–water partition coefficient (Wildman–Crippen LogP) is 4.77. The molecular weight excluding hydrogens is 246 g/mol. The first-order valence-corrected chi connectivity index (χ1v) is 6.70. The third-order valence-electron chi connectivity index (χ3n) is 2.87. The summed E-state index contributed by atoms with van der Waals surface area (Å²) in [6.45, 7) is 9.62. The lowest BCUT2D eigenvalue weighted by atomic mass is 9.96. The van der Waals surface area contributed by atoms with E-state index in [0.29, 0.717) is 5.02 Å². The number of aryl methyl sites for hydroxylation is 1. The highest BCUT2D eigenvalue weighted by molar-refractivity contribution is 6.31. The summed E-state index contributed by atoms with van der Waals surface area (Å²) in [5, 5.41) is 10.6. The van der Waals surface area contributed by atoms with Crippen molar-refractivity contribution in [2.75, 3.05) is 0 Å². The standard InChI is InChI=1S/C15H22ClNO/c1-6-7-11(3)17-14-9-13(16)12(8-10(14)2)15(4,5)18/h8-9,18H,6-7H2,1-5H3. The molecule has 0 unspecified atom stereocenters. The fourth-order valence-electron chi connectivity index (χ4n) is 1.88. The Labute approximate surface area is 115 Å². The molecule has 0 bridgehead atoms. The molecule has 0 atom stereocenters. The molecule has 0 radical (unpaired) electrons. The Morgan fingerprint density at radius 3 is 2.50 bits per heavy atom. The number of benzene rings is 1. The van der Waals surface area contributed by atoms with Gasteiger partial charge in [-0.3, -0.25) is 4.99 Å². The van der Waals surface area contributed by atoms with Gasteiger partial charge in [-0.05, 0) is 51.8 Å². The van der Waals surface area contributed by atoms with E-state index in [2.05, 4.69) is 11.9 Å². The van der Waals surface area contributed by atoms with E-state index in [4.69, 9.17) is 11.6 Å². The maximum atomic E-state index is 10.0. The monoisotopic (exact) mass is 267 g/mol. The van der Waals surface area contributed by atoms with Crippen molar-refractivity contribution in [3.63, 3.8) is 0 Å². The second kappa shape index (κ2) is 5.85. The zero-order valence-electron chi connectivity index (χ0n) is 11.8. The van der Waals surface area contributed by atoms with Crippen LogP contribution in [0.1, 0.15) is 51.7 Å². The van der Waals surface area contributed by atoms with E-state index < -0.39 is 5.60 Å². The highest BCUT2D eigenvalue weighted by Gasteiger charge is 2.20. The van der Waals surface area contributed by atoms with Crippen LogP contribution >= 0.6 is 11.6 Å². The summed E-state index contributed by atoms with van der Waals surface area (Å²) < 4.78 is 0. The molecule has 1 aromatic carbocycles. The van der Waals surface area contributed by atoms with E-state index in [1.54, 1.807) is 13.8 Å². The summed E-state index contributed by atoms with van der Waals surface area (Å²) in [6, 6.07) is 3.75. The Morgan fingerprint density at radius 1 is 1.39 bits per heavy atom. The maximum Gasteiger partial charge on any atom is 0.0855 e. The van der Waals surface area contributed by atoms with Crippen molar-refractivity contribution in [3.05, 3.63) is 28.3 Å². The molecule has 0 spiro atoms. The average molecular weight is 268 g/mol. The van der Waals surface area contributed by atoms with Crippen LogP contribution in [0.4, 0.5) is 5.69 Å². The van der Waals surface area contributed by atoms with Crippen molar-refractivity contribution in [2.24, 2.45) is 4.99 Å². The first-order chi connectivity index (χ1) is 8.25. The molecule has 1 aromatic rings. The second-order valence-corrected chi connectivity index (χ2v) is 5.68. The Hall–Kier alpha value is -0.860. The van der Waals surface area contributed by atoms with E-state index in [-0.39, 0.29) is 0 Å². The molecule has 3 heteroatoms. The van der Waals surface area contributed by atoms with E-state index in [1.807, 2.05) is 26.0 Å². The lowest BCUT2D eigenvalue weighted by molar-refractivity contribution is 0.0787. The van der Waals surface area contributed by atoms with Crippen LogP contribution < -0.4 is 0 Å². The predicted molar refractivity (Wildman–Crippen MR) is 79.1 cm³/mol. The zero-order valence-corrected chi connectivity index (χ0v) is 12.6. The van der Waals surface area contributed by atoms with Gasteiger partial charge in [0.05, 0.1) is 11.3 Å². The molecule has 0 aliphatic rings. The van der Waals surface area contributed by atoms with Gasteiger partial charge in [0.15, 0.2) is 0 Å². The van der Waals surface area contributed by atoms with Crippen LogP contribution in [0.2, 0.25) is 5.02 Å². The molecule has 1 N–H and O–H groups in total. The number of halogens is 1. The van der Waals surface area contributed by atoms with E-state index in [9.17, 15) is 5.11 Å². The van der Waals surface area contributed by atoms with Crippen molar-refractivity contribution in [1.29, 1.82) is 0 Å². The Morgan fingerprint density at radius 2 is 2.00 bits per heavy atom. The van der Waals surface area contributed by atoms with Crippen LogP contribution in [-0.2, 0) is 5.60 Å². The topological polar surface area (TPSA) is 32.6 Å². The van der Waals surface area contributed by atoms with Gasteiger partial charge in [0.2, 0.25) is 0 Å². The molecule has 100 valence electrons. The fraction of sp³-hybridized carbons (Fsp3) is 0.533. The molecular formula is C15H22ClNO. The van der Waals surface area contributed by atoms with Crippen LogP contribution in [0.25, 0.3) is 0 Å². The summed E-state index contributed by atoms with van der Waals surface area (Å²) in [5.74, 6) is 0. The van der Waals surface area contributed by atoms with Crippen LogP contribution in [0.15, 0.2) is 17.1 Å². The number of aliphatic hydroxyl groups is 1. The van der Waals surface area contributed by atoms with Gasteiger partial charge in [-0.2, -0.15) is 0 Å². The molecule has 0 aliphatic carbocycles. The number of aliphatic imine (C=N–C) groups is 1. The summed E-state index contributed by atoms with van der Waals surface area (Å²) in [7, 11) is 0. The summed E-state index contributed by atoms with van der Waals surface area (Å²) in [5.41, 5.74) is 2.84. The van der Waals surface area contributed by atoms with Gasteiger partial charge in [0, 0.05) is 16.3 Å². The van der Waals surface area contributed by atoms with Gasteiger partial charge in [-0.1, -0.05) is 24.9 Å². The summed E-state index contributed by atoms with van der Waals surface area (Å²) in [4.78, 5) is 4.58. The Kier molecular flexibility index (Phi) is 4.94. The molecule has 0 saturated heterocycles. The third-order valence-corrected chi connectivity index (χ3v) is 3.18. The minimum absolute atomic E-state index is 0.566. The van der Waals surface area contributed by atoms with Crippen molar-refractivity contribution >= 4 is 23.0 Å². The van der Waals surface area contributed by atoms with Crippen LogP contribution in [0, 0.1) is 6.92 Å². The average Bonchev–Trinajstić information content (AvgIpc) is 2.21. The summed E-state index contributed by atoms with van der Waals surface area (Å²) in [6.07, 6.45) is 2.08. The maximum absolute atomic E-state index is 10.0. The third kappa shape index (κ3) is 3.82. The fourth-order valence-corrected chi connectivity index (χ4v) is 2.27. The molecule has 0 amide bonds. The molecule has 1 rings (SSSR count). The van der Waals surface area contributed by atoms with Crippen molar-refractivity contribution in [2.45, 2.75) is 53.1 Å². The van der Waals surface area contributed by atoms with Crippen LogP contribution in [0.3, 0.4) is 0 Å². The van der Waals surface area contributed by atoms with Crippen molar-refractivity contribution in [3.8, 4) is 0 Å². The minimum Gasteiger partial charge on any atom is -0.386 e. The lowest BCUT2D eigenvalue weighted by Crippen LogP contribution is -2.16. The van der Waals surface area contributed by atoms with Gasteiger partial charge in [-0.25, -0.2) is 0 Å². The molecule has 18 heavy (non-hydrogen) atoms. The number of rotatable bonds is 4. The molecule has 0 aromatic heterocycles. The number of hydrogen-bond donors (Lipinski definition) is 1. The largest absolute Gasteiger partial charge is 0.386 e. The quantitative estimate of drug-likeness (QED) is 0.783. The first-order valence-electron chi connectivity index (χ1n) is 6.33. The van der Waals surface area contributed by atoms with E-state index in [1.165, 1.54) is 0 Å². The number of hydrogen-bond acceptors (Lipinski definition) is 2. The van der Waals surface area contributed by atoms with Gasteiger partial charge in [0.1, 0.15) is 0 Å². The Bertz CT molecular complexity index is 458. The van der Waals surface area contributed by atoms with Crippen molar-refractivity contribution < 1.29 is 5.11 Å². The van der Waals surface area contributed by atoms with Crippen LogP contribution in [0.5, 0.6) is 0 Å². The number of nitrogens with zero attached hydrogens (tertiary/aromatic N) is 1. The van der Waals surface area contributed by atoms with Crippen molar-refractivity contribution in [1.82, 2.24) is 0 Å². The normalized spacial score (nSPS) is 12.9. The SMILES string of the molecule is CCCC(C)=Nc1cc(Cl)c(C(C)(C)O)cc1C.